The summed E-state index contributed by atoms with van der Waals surface area (Å²) in [6.45, 7) is 1.95. The van der Waals surface area contributed by atoms with Crippen molar-refractivity contribution < 1.29 is 9.53 Å². The number of hydrogen-bond acceptors (Lipinski definition) is 3. The highest BCUT2D eigenvalue weighted by Crippen LogP contribution is 2.29. The second kappa shape index (κ2) is 5.58. The molecule has 0 unspecified atom stereocenters. The van der Waals surface area contributed by atoms with E-state index >= 15 is 0 Å². The van der Waals surface area contributed by atoms with Gasteiger partial charge >= 0.3 is 0 Å². The maximum atomic E-state index is 11.3. The summed E-state index contributed by atoms with van der Waals surface area (Å²) in [4.78, 5) is 11.3. The average molecular weight is 282 g/mol. The minimum Gasteiger partial charge on any atom is -0.457 e. The molecule has 3 N–H and O–H groups in total. The van der Waals surface area contributed by atoms with Crippen molar-refractivity contribution in [1.82, 2.24) is 0 Å². The molecule has 1 aliphatic rings. The van der Waals surface area contributed by atoms with Crippen molar-refractivity contribution in [2.24, 2.45) is 5.73 Å². The summed E-state index contributed by atoms with van der Waals surface area (Å²) in [7, 11) is 0. The Morgan fingerprint density at radius 3 is 2.52 bits per heavy atom. The summed E-state index contributed by atoms with van der Waals surface area (Å²) in [6, 6.07) is 13.5. The predicted octanol–water partition coefficient (Wildman–Crippen LogP) is 3.38. The lowest BCUT2D eigenvalue weighted by atomic mass is 10.0. The zero-order valence-electron chi connectivity index (χ0n) is 11.9. The number of nitrogens with two attached hydrogens (primary N) is 1. The largest absolute Gasteiger partial charge is 0.457 e. The van der Waals surface area contributed by atoms with Gasteiger partial charge < -0.3 is 15.8 Å². The number of benzene rings is 2. The van der Waals surface area contributed by atoms with Gasteiger partial charge in [-0.05, 0) is 54.8 Å². The van der Waals surface area contributed by atoms with Gasteiger partial charge in [-0.15, -0.1) is 0 Å². The van der Waals surface area contributed by atoms with Crippen LogP contribution in [0.15, 0.2) is 42.5 Å². The van der Waals surface area contributed by atoms with E-state index in [1.54, 1.807) is 0 Å². The van der Waals surface area contributed by atoms with Crippen LogP contribution in [-0.2, 0) is 11.2 Å². The maximum absolute atomic E-state index is 11.3. The van der Waals surface area contributed by atoms with Gasteiger partial charge in [0.1, 0.15) is 11.5 Å². The van der Waals surface area contributed by atoms with Gasteiger partial charge in [-0.25, -0.2) is 0 Å². The van der Waals surface area contributed by atoms with Gasteiger partial charge in [0.25, 0.3) is 0 Å². The van der Waals surface area contributed by atoms with E-state index in [1.807, 2.05) is 49.4 Å². The number of hydrogen-bond donors (Lipinski definition) is 2. The number of carbonyl (C=O) groups excluding carboxylic acids is 1. The third-order valence-corrected chi connectivity index (χ3v) is 3.61. The van der Waals surface area contributed by atoms with Crippen LogP contribution >= 0.6 is 0 Å². The average Bonchev–Trinajstić information content (AvgIpc) is 2.48. The molecule has 21 heavy (non-hydrogen) atoms. The maximum Gasteiger partial charge on any atom is 0.224 e. The summed E-state index contributed by atoms with van der Waals surface area (Å²) >= 11 is 0. The van der Waals surface area contributed by atoms with Gasteiger partial charge in [0.2, 0.25) is 5.91 Å². The van der Waals surface area contributed by atoms with Crippen LogP contribution in [0, 0.1) is 0 Å². The first kappa shape index (κ1) is 13.6. The van der Waals surface area contributed by atoms with Gasteiger partial charge in [-0.3, -0.25) is 4.79 Å². The first-order valence-electron chi connectivity index (χ1n) is 7.08. The number of aryl methyl sites for hydroxylation is 1. The number of amides is 1. The fraction of sp³-hybridized carbons (Fsp3) is 0.235. The van der Waals surface area contributed by atoms with E-state index in [1.165, 1.54) is 0 Å². The van der Waals surface area contributed by atoms with Crippen LogP contribution in [0.1, 0.15) is 30.5 Å². The first-order chi connectivity index (χ1) is 10.1. The molecule has 2 aromatic carbocycles. The molecule has 3 rings (SSSR count). The normalized spacial score (nSPS) is 15.0. The van der Waals surface area contributed by atoms with Crippen LogP contribution in [0.3, 0.4) is 0 Å². The predicted molar refractivity (Wildman–Crippen MR) is 82.5 cm³/mol. The smallest absolute Gasteiger partial charge is 0.224 e. The Hall–Kier alpha value is -2.33. The molecule has 0 fully saturated rings. The first-order valence-corrected chi connectivity index (χ1v) is 7.08. The Labute approximate surface area is 123 Å². The van der Waals surface area contributed by atoms with Crippen LogP contribution in [0.25, 0.3) is 0 Å². The number of nitrogens with one attached hydrogen (secondary N) is 1. The zero-order valence-corrected chi connectivity index (χ0v) is 11.9. The van der Waals surface area contributed by atoms with Crippen LogP contribution in [0.5, 0.6) is 11.5 Å². The van der Waals surface area contributed by atoms with Gasteiger partial charge in [0.15, 0.2) is 0 Å². The Morgan fingerprint density at radius 1 is 1.10 bits per heavy atom. The SMILES string of the molecule is C[C@H](N)c1ccc(Oc2ccc3c(c2)CCC(=O)N3)cc1. The lowest BCUT2D eigenvalue weighted by Gasteiger charge is -2.17. The molecule has 1 amide bonds. The topological polar surface area (TPSA) is 64.3 Å². The third-order valence-electron chi connectivity index (χ3n) is 3.61. The van der Waals surface area contributed by atoms with Crippen molar-refractivity contribution in [2.45, 2.75) is 25.8 Å². The molecule has 0 aromatic heterocycles. The second-order valence-electron chi connectivity index (χ2n) is 5.33. The van der Waals surface area contributed by atoms with Crippen molar-refractivity contribution in [3.8, 4) is 11.5 Å². The Balaban J connectivity index is 1.77. The standard InChI is InChI=1S/C17H18N2O2/c1-11(18)12-2-5-14(6-3-12)21-15-7-8-16-13(10-15)4-9-17(20)19-16/h2-3,5-8,10-11H,4,9,18H2,1H3,(H,19,20)/t11-/m0/s1. The number of anilines is 1. The molecule has 1 aliphatic heterocycles. The fourth-order valence-electron chi connectivity index (χ4n) is 2.40. The van der Waals surface area contributed by atoms with Gasteiger partial charge in [0.05, 0.1) is 0 Å². The molecule has 4 heteroatoms. The summed E-state index contributed by atoms with van der Waals surface area (Å²) in [5.74, 6) is 1.63. The van der Waals surface area contributed by atoms with Crippen molar-refractivity contribution in [1.29, 1.82) is 0 Å². The lowest BCUT2D eigenvalue weighted by molar-refractivity contribution is -0.116. The molecule has 2 aromatic rings. The third kappa shape index (κ3) is 3.06. The molecule has 108 valence electrons. The van der Waals surface area contributed by atoms with E-state index in [0.29, 0.717) is 6.42 Å². The highest BCUT2D eigenvalue weighted by atomic mass is 16.5. The molecule has 0 spiro atoms. The van der Waals surface area contributed by atoms with Crippen molar-refractivity contribution in [3.63, 3.8) is 0 Å². The molecule has 0 aliphatic carbocycles. The van der Waals surface area contributed by atoms with Crippen LogP contribution in [0.4, 0.5) is 5.69 Å². The lowest BCUT2D eigenvalue weighted by Crippen LogP contribution is -2.18. The Bertz CT molecular complexity index is 663. The minimum atomic E-state index is 0.0198. The van der Waals surface area contributed by atoms with E-state index in [-0.39, 0.29) is 11.9 Å². The highest BCUT2D eigenvalue weighted by molar-refractivity contribution is 5.94. The van der Waals surface area contributed by atoms with Crippen LogP contribution in [0.2, 0.25) is 0 Å². The van der Waals surface area contributed by atoms with Gasteiger partial charge in [0, 0.05) is 18.2 Å². The summed E-state index contributed by atoms with van der Waals surface area (Å²) < 4.78 is 5.85. The summed E-state index contributed by atoms with van der Waals surface area (Å²) in [5.41, 5.74) is 8.90. The molecule has 1 atom stereocenters. The summed E-state index contributed by atoms with van der Waals surface area (Å²) in [6.07, 6.45) is 1.28. The van der Waals surface area contributed by atoms with E-state index in [0.717, 1.165) is 34.7 Å². The molecule has 0 bridgehead atoms. The Morgan fingerprint density at radius 2 is 1.81 bits per heavy atom. The molecule has 1 heterocycles. The van der Waals surface area contributed by atoms with Crippen LogP contribution in [-0.4, -0.2) is 5.91 Å². The molecular formula is C17H18N2O2. The number of carbonyl (C=O) groups is 1. The van der Waals surface area contributed by atoms with Crippen LogP contribution < -0.4 is 15.8 Å². The quantitative estimate of drug-likeness (QED) is 0.907. The summed E-state index contributed by atoms with van der Waals surface area (Å²) in [5, 5.41) is 2.86. The second-order valence-corrected chi connectivity index (χ2v) is 5.33. The molecule has 0 saturated heterocycles. The highest BCUT2D eigenvalue weighted by Gasteiger charge is 2.15. The van der Waals surface area contributed by atoms with Crippen molar-refractivity contribution in [3.05, 3.63) is 53.6 Å². The minimum absolute atomic E-state index is 0.0198. The van der Waals surface area contributed by atoms with Crippen molar-refractivity contribution in [2.75, 3.05) is 5.32 Å². The number of fused-ring (bicyclic) bond motifs is 1. The fourth-order valence-corrected chi connectivity index (χ4v) is 2.40. The van der Waals surface area contributed by atoms with E-state index < -0.39 is 0 Å². The van der Waals surface area contributed by atoms with Gasteiger partial charge in [-0.1, -0.05) is 12.1 Å². The van der Waals surface area contributed by atoms with E-state index in [4.69, 9.17) is 10.5 Å². The van der Waals surface area contributed by atoms with Gasteiger partial charge in [-0.2, -0.15) is 0 Å². The Kier molecular flexibility index (Phi) is 3.62. The molecular weight excluding hydrogens is 264 g/mol. The number of ether oxygens (including phenoxy) is 1. The zero-order chi connectivity index (χ0) is 14.8. The number of rotatable bonds is 3. The monoisotopic (exact) mass is 282 g/mol. The van der Waals surface area contributed by atoms with Crippen molar-refractivity contribution >= 4 is 11.6 Å². The van der Waals surface area contributed by atoms with E-state index in [9.17, 15) is 4.79 Å². The molecule has 0 radical (unpaired) electrons. The van der Waals surface area contributed by atoms with E-state index in [2.05, 4.69) is 5.32 Å². The molecule has 4 nitrogen and oxygen atoms in total. The molecule has 0 saturated carbocycles.